The molecule has 0 aliphatic rings. The van der Waals surface area contributed by atoms with E-state index in [-0.39, 0.29) is 35.5 Å². The molecule has 0 rings (SSSR count). The van der Waals surface area contributed by atoms with Gasteiger partial charge < -0.3 is 22.2 Å². The quantitative estimate of drug-likeness (QED) is 0.246. The summed E-state index contributed by atoms with van der Waals surface area (Å²) in [5.41, 5.74) is 0. The van der Waals surface area contributed by atoms with Gasteiger partial charge in [-0.25, -0.2) is 0 Å². The van der Waals surface area contributed by atoms with Crippen LogP contribution in [0.1, 0.15) is 0 Å². The summed E-state index contributed by atoms with van der Waals surface area (Å²) >= 11 is 1.73. The van der Waals surface area contributed by atoms with E-state index >= 15 is 0 Å². The first-order chi connectivity index (χ1) is 1.00. The minimum atomic E-state index is 0. The Morgan fingerprint density at radius 1 is 1.25 bits per heavy atom. The first-order valence-electron chi connectivity index (χ1n) is 0.154. The average molecular weight is 219 g/mol. The molecule has 0 heterocycles. The van der Waals surface area contributed by atoms with E-state index in [9.17, 15) is 0 Å². The monoisotopic (exact) mass is 218 g/mol. The van der Waals surface area contributed by atoms with Crippen LogP contribution in [0.3, 0.4) is 0 Å². The van der Waals surface area contributed by atoms with E-state index in [1.165, 1.54) is 0 Å². The summed E-state index contributed by atoms with van der Waals surface area (Å²) in [6, 6.07) is 0. The predicted octanol–water partition coefficient (Wildman–Crippen LogP) is -2.49. The molecule has 0 aliphatic heterocycles. The third-order valence-electron chi connectivity index (χ3n) is 0. The van der Waals surface area contributed by atoms with Gasteiger partial charge in [-0.05, 0) is 0 Å². The molecular formula is ClIMgS. The molecule has 0 radical (unpaired) electrons. The topological polar surface area (TPSA) is 0 Å². The first kappa shape index (κ1) is 16.5. The van der Waals surface area contributed by atoms with Crippen molar-refractivity contribution in [2.24, 2.45) is 0 Å². The minimum absolute atomic E-state index is 0. The summed E-state index contributed by atoms with van der Waals surface area (Å²) in [6.07, 6.45) is 0. The van der Waals surface area contributed by atoms with Gasteiger partial charge in [0.25, 0.3) is 0 Å². The fraction of sp³-hybridized carbons (Fsp3) is 0. The molecule has 0 unspecified atom stereocenters. The molecule has 0 atom stereocenters. The van der Waals surface area contributed by atoms with Crippen LogP contribution in [0, 0.1) is 0 Å². The Kier molecular flexibility index (Phi) is 79.2. The molecule has 0 aliphatic carbocycles. The minimum Gasteiger partial charge on any atom is -1.00 e. The summed E-state index contributed by atoms with van der Waals surface area (Å²) in [5.74, 6) is 0. The van der Waals surface area contributed by atoms with Gasteiger partial charge in [-0.3, -0.25) is 21.2 Å². The van der Waals surface area contributed by atoms with E-state index < -0.39 is 0 Å². The predicted molar refractivity (Wildman–Crippen MR) is 27.1 cm³/mol. The smallest absolute Gasteiger partial charge is 1.00 e. The molecule has 0 bridgehead atoms. The van der Waals surface area contributed by atoms with Crippen LogP contribution in [0.25, 0.3) is 0 Å². The van der Waals surface area contributed by atoms with Crippen molar-refractivity contribution in [1.29, 1.82) is 0 Å². The first-order valence-corrected chi connectivity index (χ1v) is 3.11. The van der Waals surface area contributed by atoms with E-state index in [1.54, 1.807) is 21.2 Å². The third kappa shape index (κ3) is 8.92. The third-order valence-corrected chi connectivity index (χ3v) is 0. The van der Waals surface area contributed by atoms with Crippen LogP contribution in [-0.2, 0) is 9.80 Å². The van der Waals surface area contributed by atoms with Crippen LogP contribution in [0.15, 0.2) is 0 Å². The Labute approximate surface area is 65.7 Å². The molecule has 0 fully saturated rings. The van der Waals surface area contributed by atoms with Crippen LogP contribution in [0.5, 0.6) is 0 Å². The standard InChI is InChI=1S/ClH.IS.Mg/c;1-2;/h1H;;/q;-1;+2/p-1. The van der Waals surface area contributed by atoms with Crippen LogP contribution in [-0.4, -0.2) is 23.1 Å². The Morgan fingerprint density at radius 3 is 1.25 bits per heavy atom. The number of hydrogen-bond donors (Lipinski definition) is 0. The Morgan fingerprint density at radius 2 is 1.25 bits per heavy atom. The van der Waals surface area contributed by atoms with Crippen LogP contribution in [0.2, 0.25) is 0 Å². The van der Waals surface area contributed by atoms with E-state index in [4.69, 9.17) is 0 Å². The molecule has 0 saturated heterocycles. The zero-order valence-electron chi connectivity index (χ0n) is 1.87. The molecule has 0 spiro atoms. The van der Waals surface area contributed by atoms with Crippen molar-refractivity contribution in [3.05, 3.63) is 0 Å². The second-order valence-corrected chi connectivity index (χ2v) is 0. The second-order valence-electron chi connectivity index (χ2n) is 0. The van der Waals surface area contributed by atoms with Crippen molar-refractivity contribution < 1.29 is 12.4 Å². The zero-order valence-corrected chi connectivity index (χ0v) is 7.02. The van der Waals surface area contributed by atoms with Gasteiger partial charge in [0, 0.05) is 0 Å². The van der Waals surface area contributed by atoms with Crippen molar-refractivity contribution in [3.63, 3.8) is 0 Å². The van der Waals surface area contributed by atoms with Gasteiger partial charge in [0.15, 0.2) is 0 Å². The van der Waals surface area contributed by atoms with E-state index in [2.05, 4.69) is 9.80 Å². The molecule has 0 amide bonds. The van der Waals surface area contributed by atoms with Gasteiger partial charge in [-0.2, -0.15) is 0 Å². The fourth-order valence-electron chi connectivity index (χ4n) is 0. The van der Waals surface area contributed by atoms with Gasteiger partial charge in [-0.15, -0.1) is 0 Å². The maximum atomic E-state index is 4.05. The van der Waals surface area contributed by atoms with Gasteiger partial charge in [0.1, 0.15) is 0 Å². The molecule has 0 aromatic carbocycles. The van der Waals surface area contributed by atoms with Crippen molar-refractivity contribution >= 4 is 54.1 Å². The Bertz CT molecular complexity index is 8.00. The Hall–Kier alpha value is 2.14. The second kappa shape index (κ2) is 19.3. The van der Waals surface area contributed by atoms with Crippen LogP contribution in [0.4, 0.5) is 0 Å². The molecule has 0 aromatic rings. The van der Waals surface area contributed by atoms with Gasteiger partial charge in [0.05, 0.1) is 0 Å². The molecule has 0 aromatic heterocycles. The van der Waals surface area contributed by atoms with Crippen molar-refractivity contribution in [3.8, 4) is 0 Å². The largest absolute Gasteiger partial charge is 2.00 e. The van der Waals surface area contributed by atoms with Crippen LogP contribution < -0.4 is 12.4 Å². The van der Waals surface area contributed by atoms with Gasteiger partial charge in [-0.1, -0.05) is 0 Å². The maximum absolute atomic E-state index is 4.05. The Balaban J connectivity index is -0.00000000500. The van der Waals surface area contributed by atoms with Crippen molar-refractivity contribution in [1.82, 2.24) is 0 Å². The van der Waals surface area contributed by atoms with Gasteiger partial charge in [0.2, 0.25) is 0 Å². The van der Waals surface area contributed by atoms with E-state index in [0.29, 0.717) is 0 Å². The molecular weight excluding hydrogens is 219 g/mol. The maximum Gasteiger partial charge on any atom is 2.00 e. The number of halogens is 2. The van der Waals surface area contributed by atoms with Gasteiger partial charge >= 0.3 is 23.1 Å². The normalized spacial score (nSPS) is 1.50. The summed E-state index contributed by atoms with van der Waals surface area (Å²) in [5, 5.41) is 0. The van der Waals surface area contributed by atoms with Crippen molar-refractivity contribution in [2.75, 3.05) is 0 Å². The number of rotatable bonds is 0. The molecule has 0 N–H and O–H groups in total. The van der Waals surface area contributed by atoms with E-state index in [0.717, 1.165) is 0 Å². The zero-order chi connectivity index (χ0) is 2.00. The summed E-state index contributed by atoms with van der Waals surface area (Å²) in [4.78, 5) is 0. The fourth-order valence-corrected chi connectivity index (χ4v) is 0. The molecule has 0 nitrogen and oxygen atoms in total. The average Bonchev–Trinajstić information content (AvgIpc) is 1.00. The molecule has 0 saturated carbocycles. The summed E-state index contributed by atoms with van der Waals surface area (Å²) in [6.45, 7) is 0. The molecule has 4 heteroatoms. The molecule has 4 heavy (non-hydrogen) atoms. The number of hydrogen-bond acceptors (Lipinski definition) is 1. The van der Waals surface area contributed by atoms with E-state index in [1.807, 2.05) is 0 Å². The SMILES string of the molecule is [Cl-].[Mg+2].[S-]I. The van der Waals surface area contributed by atoms with Crippen molar-refractivity contribution in [2.45, 2.75) is 0 Å². The molecule has 22 valence electrons. The summed E-state index contributed by atoms with van der Waals surface area (Å²) in [7, 11) is 4.05. The van der Waals surface area contributed by atoms with Crippen LogP contribution >= 0.6 is 21.2 Å². The summed E-state index contributed by atoms with van der Waals surface area (Å²) < 4.78 is 0.